The van der Waals surface area contributed by atoms with E-state index in [-0.39, 0.29) is 17.3 Å². The summed E-state index contributed by atoms with van der Waals surface area (Å²) in [5.74, 6) is -0.593. The van der Waals surface area contributed by atoms with Crippen LogP contribution < -0.4 is 4.31 Å². The number of rotatable bonds is 3. The van der Waals surface area contributed by atoms with Gasteiger partial charge in [-0.25, -0.2) is 12.8 Å². The number of hydrogen-bond donors (Lipinski definition) is 0. The summed E-state index contributed by atoms with van der Waals surface area (Å²) in [6.07, 6.45) is 0.346. The van der Waals surface area contributed by atoms with Crippen LogP contribution in [0.3, 0.4) is 0 Å². The van der Waals surface area contributed by atoms with Crippen molar-refractivity contribution >= 4 is 21.6 Å². The van der Waals surface area contributed by atoms with Crippen LogP contribution in [0.1, 0.15) is 15.9 Å². The lowest BCUT2D eigenvalue weighted by Crippen LogP contribution is -2.29. The first kappa shape index (κ1) is 16.4. The van der Waals surface area contributed by atoms with Crippen molar-refractivity contribution in [2.24, 2.45) is 0 Å². The number of sulfonamides is 1. The first-order valence-corrected chi connectivity index (χ1v) is 8.88. The van der Waals surface area contributed by atoms with E-state index in [0.29, 0.717) is 23.2 Å². The van der Waals surface area contributed by atoms with E-state index in [1.54, 1.807) is 20.2 Å². The highest BCUT2D eigenvalue weighted by atomic mass is 32.2. The highest BCUT2D eigenvalue weighted by molar-refractivity contribution is 7.92. The van der Waals surface area contributed by atoms with E-state index in [0.717, 1.165) is 0 Å². The third-order valence-electron chi connectivity index (χ3n) is 4.02. The summed E-state index contributed by atoms with van der Waals surface area (Å²) >= 11 is 0. The SMILES string of the molecule is CN(C)C(=O)c1ccc(S(=O)(=O)N2CCc3c(F)cccc32)cc1. The molecule has 0 atom stereocenters. The molecule has 0 saturated heterocycles. The number of carbonyl (C=O) groups excluding carboxylic acids is 1. The number of halogens is 1. The maximum Gasteiger partial charge on any atom is 0.264 e. The normalized spacial score (nSPS) is 13.7. The van der Waals surface area contributed by atoms with E-state index in [1.807, 2.05) is 0 Å². The van der Waals surface area contributed by atoms with Gasteiger partial charge < -0.3 is 4.90 Å². The average Bonchev–Trinajstić information content (AvgIpc) is 3.00. The van der Waals surface area contributed by atoms with Crippen LogP contribution in [-0.2, 0) is 16.4 Å². The van der Waals surface area contributed by atoms with Gasteiger partial charge in [-0.1, -0.05) is 6.07 Å². The Kier molecular flexibility index (Phi) is 4.04. The van der Waals surface area contributed by atoms with Gasteiger partial charge in [-0.05, 0) is 42.8 Å². The molecule has 0 aromatic heterocycles. The van der Waals surface area contributed by atoms with Crippen LogP contribution in [0.15, 0.2) is 47.4 Å². The Bertz CT molecular complexity index is 893. The van der Waals surface area contributed by atoms with Crippen molar-refractivity contribution in [3.05, 3.63) is 59.4 Å². The molecule has 0 aliphatic carbocycles. The minimum absolute atomic E-state index is 0.0786. The van der Waals surface area contributed by atoms with Crippen LogP contribution in [0.5, 0.6) is 0 Å². The van der Waals surface area contributed by atoms with Crippen molar-refractivity contribution in [2.75, 3.05) is 24.9 Å². The van der Waals surface area contributed by atoms with Gasteiger partial charge in [0, 0.05) is 31.8 Å². The Hall–Kier alpha value is -2.41. The van der Waals surface area contributed by atoms with E-state index < -0.39 is 15.8 Å². The predicted molar refractivity (Wildman–Crippen MR) is 89.1 cm³/mol. The molecular weight excluding hydrogens is 331 g/mol. The van der Waals surface area contributed by atoms with Crippen LogP contribution in [0.25, 0.3) is 0 Å². The molecule has 2 aromatic carbocycles. The molecule has 1 aliphatic rings. The lowest BCUT2D eigenvalue weighted by molar-refractivity contribution is 0.0827. The molecule has 24 heavy (non-hydrogen) atoms. The number of amides is 1. The molecule has 5 nitrogen and oxygen atoms in total. The highest BCUT2D eigenvalue weighted by Crippen LogP contribution is 2.34. The van der Waals surface area contributed by atoms with Gasteiger partial charge >= 0.3 is 0 Å². The molecule has 0 N–H and O–H groups in total. The van der Waals surface area contributed by atoms with Crippen LogP contribution >= 0.6 is 0 Å². The zero-order valence-electron chi connectivity index (χ0n) is 13.4. The summed E-state index contributed by atoms with van der Waals surface area (Å²) in [6.45, 7) is 0.205. The van der Waals surface area contributed by atoms with E-state index >= 15 is 0 Å². The van der Waals surface area contributed by atoms with Crippen LogP contribution in [0.4, 0.5) is 10.1 Å². The molecule has 7 heteroatoms. The topological polar surface area (TPSA) is 57.7 Å². The zero-order valence-corrected chi connectivity index (χ0v) is 14.2. The minimum Gasteiger partial charge on any atom is -0.345 e. The number of benzene rings is 2. The van der Waals surface area contributed by atoms with E-state index in [9.17, 15) is 17.6 Å². The number of nitrogens with zero attached hydrogens (tertiary/aromatic N) is 2. The second-order valence-corrected chi connectivity index (χ2v) is 7.65. The van der Waals surface area contributed by atoms with Crippen LogP contribution in [0, 0.1) is 5.82 Å². The fraction of sp³-hybridized carbons (Fsp3) is 0.235. The van der Waals surface area contributed by atoms with Crippen molar-refractivity contribution in [2.45, 2.75) is 11.3 Å². The third-order valence-corrected chi connectivity index (χ3v) is 5.85. The molecule has 1 heterocycles. The van der Waals surface area contributed by atoms with Crippen LogP contribution in [0.2, 0.25) is 0 Å². The molecule has 0 unspecified atom stereocenters. The van der Waals surface area contributed by atoms with Crippen molar-refractivity contribution in [1.82, 2.24) is 4.90 Å². The monoisotopic (exact) mass is 348 g/mol. The molecule has 0 saturated carbocycles. The lowest BCUT2D eigenvalue weighted by atomic mass is 10.1. The molecule has 0 radical (unpaired) electrons. The summed E-state index contributed by atoms with van der Waals surface area (Å²) in [4.78, 5) is 13.4. The van der Waals surface area contributed by atoms with Crippen molar-refractivity contribution < 1.29 is 17.6 Å². The Morgan fingerprint density at radius 2 is 1.79 bits per heavy atom. The van der Waals surface area contributed by atoms with Gasteiger partial charge in [0.25, 0.3) is 15.9 Å². The van der Waals surface area contributed by atoms with Gasteiger partial charge in [-0.2, -0.15) is 0 Å². The lowest BCUT2D eigenvalue weighted by Gasteiger charge is -2.20. The second-order valence-electron chi connectivity index (χ2n) is 5.79. The van der Waals surface area contributed by atoms with Gasteiger partial charge in [0.1, 0.15) is 5.82 Å². The fourth-order valence-electron chi connectivity index (χ4n) is 2.77. The number of anilines is 1. The molecule has 1 aliphatic heterocycles. The summed E-state index contributed by atoms with van der Waals surface area (Å²) in [5.41, 5.74) is 1.20. The van der Waals surface area contributed by atoms with E-state index in [4.69, 9.17) is 0 Å². The summed E-state index contributed by atoms with van der Waals surface area (Å²) in [5, 5.41) is 0. The zero-order chi connectivity index (χ0) is 17.5. The summed E-state index contributed by atoms with van der Waals surface area (Å²) in [7, 11) is -0.534. The third kappa shape index (κ3) is 2.65. The largest absolute Gasteiger partial charge is 0.345 e. The number of hydrogen-bond acceptors (Lipinski definition) is 3. The molecule has 0 spiro atoms. The Morgan fingerprint density at radius 3 is 2.42 bits per heavy atom. The fourth-order valence-corrected chi connectivity index (χ4v) is 4.26. The standard InChI is InChI=1S/C17H17FN2O3S/c1-19(2)17(21)12-6-8-13(9-7-12)24(22,23)20-11-10-14-15(18)4-3-5-16(14)20/h3-9H,10-11H2,1-2H3. The molecular formula is C17H17FN2O3S. The Labute approximate surface area is 140 Å². The van der Waals surface area contributed by atoms with Gasteiger partial charge in [0.15, 0.2) is 0 Å². The molecule has 126 valence electrons. The molecule has 3 rings (SSSR count). The quantitative estimate of drug-likeness (QED) is 0.855. The molecule has 1 amide bonds. The van der Waals surface area contributed by atoms with Crippen LogP contribution in [-0.4, -0.2) is 39.9 Å². The summed E-state index contributed by atoms with van der Waals surface area (Å²) in [6, 6.07) is 10.2. The Morgan fingerprint density at radius 1 is 1.12 bits per heavy atom. The second kappa shape index (κ2) is 5.90. The van der Waals surface area contributed by atoms with Crippen molar-refractivity contribution in [3.8, 4) is 0 Å². The summed E-state index contributed by atoms with van der Waals surface area (Å²) < 4.78 is 40.7. The maximum absolute atomic E-state index is 13.8. The van der Waals surface area contributed by atoms with Gasteiger partial charge in [-0.15, -0.1) is 0 Å². The average molecular weight is 348 g/mol. The predicted octanol–water partition coefficient (Wildman–Crippen LogP) is 2.28. The van der Waals surface area contributed by atoms with E-state index in [2.05, 4.69) is 0 Å². The van der Waals surface area contributed by atoms with Gasteiger partial charge in [-0.3, -0.25) is 9.10 Å². The highest BCUT2D eigenvalue weighted by Gasteiger charge is 2.32. The smallest absolute Gasteiger partial charge is 0.264 e. The van der Waals surface area contributed by atoms with Crippen molar-refractivity contribution in [1.29, 1.82) is 0 Å². The maximum atomic E-state index is 13.8. The van der Waals surface area contributed by atoms with Gasteiger partial charge in [0.2, 0.25) is 0 Å². The van der Waals surface area contributed by atoms with Crippen molar-refractivity contribution in [3.63, 3.8) is 0 Å². The molecule has 0 bridgehead atoms. The molecule has 2 aromatic rings. The molecule has 0 fully saturated rings. The number of carbonyl (C=O) groups is 1. The van der Waals surface area contributed by atoms with E-state index in [1.165, 1.54) is 45.6 Å². The minimum atomic E-state index is -3.79. The Balaban J connectivity index is 1.96. The first-order chi connectivity index (χ1) is 11.3. The first-order valence-electron chi connectivity index (χ1n) is 7.44. The number of fused-ring (bicyclic) bond motifs is 1. The van der Waals surface area contributed by atoms with Gasteiger partial charge in [0.05, 0.1) is 10.6 Å².